The topological polar surface area (TPSA) is 51.6 Å². The van der Waals surface area contributed by atoms with Gasteiger partial charge >= 0.3 is 0 Å². The van der Waals surface area contributed by atoms with E-state index >= 15 is 0 Å². The highest BCUT2D eigenvalue weighted by atomic mass is 15.0. The molecule has 0 bridgehead atoms. The van der Waals surface area contributed by atoms with E-state index in [1.165, 1.54) is 32.8 Å². The summed E-state index contributed by atoms with van der Waals surface area (Å²) in [5, 5.41) is 3.64. The number of hydrogen-bond acceptors (Lipinski definition) is 4. The highest BCUT2D eigenvalue weighted by Gasteiger charge is 2.20. The van der Waals surface area contributed by atoms with Crippen molar-refractivity contribution in [2.24, 2.45) is 0 Å². The van der Waals surface area contributed by atoms with E-state index < -0.39 is 0 Å². The number of aromatic nitrogens is 4. The smallest absolute Gasteiger partial charge is 0.164 e. The number of hydrogen-bond donors (Lipinski definition) is 0. The van der Waals surface area contributed by atoms with Gasteiger partial charge in [-0.2, -0.15) is 0 Å². The Bertz CT molecular complexity index is 2480. The molecule has 0 radical (unpaired) electrons. The summed E-state index contributed by atoms with van der Waals surface area (Å²) in [7, 11) is 0. The van der Waals surface area contributed by atoms with Crippen molar-refractivity contribution >= 4 is 27.2 Å². The average Bonchev–Trinajstić information content (AvgIpc) is 3.21. The molecule has 0 saturated heterocycles. The van der Waals surface area contributed by atoms with Crippen LogP contribution in [0.15, 0.2) is 176 Å². The Hall–Kier alpha value is -6.52. The molecule has 8 aromatic rings. The molecule has 0 spiro atoms. The number of rotatable bonds is 6. The summed E-state index contributed by atoms with van der Waals surface area (Å²) in [4.78, 5) is 20.0. The Morgan fingerprint density at radius 2 is 1.04 bits per heavy atom. The van der Waals surface area contributed by atoms with E-state index in [0.717, 1.165) is 39.9 Å². The molecule has 4 nitrogen and oxygen atoms in total. The summed E-state index contributed by atoms with van der Waals surface area (Å²) in [6.07, 6.45) is 7.59. The highest BCUT2D eigenvalue weighted by Crippen LogP contribution is 2.40. The predicted octanol–water partition coefficient (Wildman–Crippen LogP) is 11.4. The molecule has 0 saturated carbocycles. The lowest BCUT2D eigenvalue weighted by atomic mass is 9.85. The summed E-state index contributed by atoms with van der Waals surface area (Å²) >= 11 is 0. The summed E-state index contributed by atoms with van der Waals surface area (Å²) in [6, 6.07) is 54.7. The lowest BCUT2D eigenvalue weighted by molar-refractivity contribution is 0.862. The van der Waals surface area contributed by atoms with E-state index in [9.17, 15) is 0 Å². The van der Waals surface area contributed by atoms with Crippen LogP contribution < -0.4 is 0 Å². The van der Waals surface area contributed by atoms with Gasteiger partial charge in [0.15, 0.2) is 17.5 Å². The van der Waals surface area contributed by atoms with Crippen LogP contribution in [0, 0.1) is 0 Å². The molecular weight excluding hydrogens is 609 g/mol. The van der Waals surface area contributed by atoms with Gasteiger partial charge in [0.1, 0.15) is 0 Å². The van der Waals surface area contributed by atoms with Gasteiger partial charge < -0.3 is 0 Å². The fraction of sp³-hybridized carbons (Fsp3) is 0.0435. The van der Waals surface area contributed by atoms with Crippen LogP contribution >= 0.6 is 0 Å². The average molecular weight is 641 g/mol. The van der Waals surface area contributed by atoms with Crippen LogP contribution in [0.4, 0.5) is 0 Å². The third-order valence-electron chi connectivity index (χ3n) is 9.48. The van der Waals surface area contributed by atoms with Gasteiger partial charge in [-0.25, -0.2) is 19.9 Å². The van der Waals surface area contributed by atoms with Crippen molar-refractivity contribution in [3.63, 3.8) is 0 Å². The molecule has 50 heavy (non-hydrogen) atoms. The highest BCUT2D eigenvalue weighted by molar-refractivity contribution is 6.14. The minimum Gasteiger partial charge on any atom is -0.248 e. The molecule has 0 amide bonds. The van der Waals surface area contributed by atoms with Crippen LogP contribution in [-0.2, 0) is 0 Å². The summed E-state index contributed by atoms with van der Waals surface area (Å²) in [5.41, 5.74) is 9.70. The molecule has 236 valence electrons. The van der Waals surface area contributed by atoms with Crippen LogP contribution in [0.1, 0.15) is 23.7 Å². The monoisotopic (exact) mass is 640 g/mol. The molecule has 6 aromatic carbocycles. The van der Waals surface area contributed by atoms with E-state index in [1.807, 2.05) is 66.7 Å². The van der Waals surface area contributed by atoms with Crippen LogP contribution in [0.5, 0.6) is 0 Å². The van der Waals surface area contributed by atoms with Gasteiger partial charge in [-0.15, -0.1) is 0 Å². The van der Waals surface area contributed by atoms with Gasteiger partial charge in [-0.05, 0) is 46.0 Å². The van der Waals surface area contributed by atoms with Crippen molar-refractivity contribution in [3.8, 4) is 45.2 Å². The van der Waals surface area contributed by atoms with Crippen LogP contribution in [0.2, 0.25) is 0 Å². The standard InChI is InChI=1S/C46H32N4/c1-5-14-31(15-6-1)40-30-42(33-16-7-2-8-17-33)47-41-29-28-38-37(22-13-23-39(38)43(40)41)32-24-26-36(27-25-32)46-49-44(34-18-9-3-10-19-34)48-45(50-46)35-20-11-4-12-21-35/h1-24,26-30,32H,25H2. The fourth-order valence-corrected chi connectivity index (χ4v) is 7.00. The SMILES string of the molecule is C1=CC(c2cccc3c2ccc2nc(-c4ccccc4)cc(-c4ccccc4)c23)CC=C1c1nc(-c2ccccc2)nc(-c2ccccc2)n1. The molecule has 1 aliphatic carbocycles. The van der Waals surface area contributed by atoms with Gasteiger partial charge in [0.25, 0.3) is 0 Å². The number of allylic oxidation sites excluding steroid dienone is 4. The third kappa shape index (κ3) is 5.57. The van der Waals surface area contributed by atoms with Gasteiger partial charge in [-0.1, -0.05) is 164 Å². The van der Waals surface area contributed by atoms with Crippen molar-refractivity contribution in [3.05, 3.63) is 187 Å². The van der Waals surface area contributed by atoms with Gasteiger partial charge in [0.2, 0.25) is 0 Å². The molecule has 4 heteroatoms. The largest absolute Gasteiger partial charge is 0.248 e. The molecule has 1 unspecified atom stereocenters. The summed E-state index contributed by atoms with van der Waals surface area (Å²) < 4.78 is 0. The molecule has 1 atom stereocenters. The predicted molar refractivity (Wildman–Crippen MR) is 205 cm³/mol. The first-order valence-corrected chi connectivity index (χ1v) is 17.0. The molecule has 0 aliphatic heterocycles. The molecular formula is C46H32N4. The summed E-state index contributed by atoms with van der Waals surface area (Å²) in [5.74, 6) is 2.24. The quantitative estimate of drug-likeness (QED) is 0.170. The minimum absolute atomic E-state index is 0.209. The Morgan fingerprint density at radius 3 is 1.64 bits per heavy atom. The Labute approximate surface area is 291 Å². The van der Waals surface area contributed by atoms with Crippen molar-refractivity contribution in [1.82, 2.24) is 19.9 Å². The molecule has 9 rings (SSSR count). The van der Waals surface area contributed by atoms with Crippen LogP contribution in [-0.4, -0.2) is 19.9 Å². The normalized spacial score (nSPS) is 14.2. The van der Waals surface area contributed by atoms with Gasteiger partial charge in [0.05, 0.1) is 11.2 Å². The molecule has 1 aliphatic rings. The second-order valence-corrected chi connectivity index (χ2v) is 12.6. The molecule has 0 fully saturated rings. The number of fused-ring (bicyclic) bond motifs is 3. The Morgan fingerprint density at radius 1 is 0.460 bits per heavy atom. The van der Waals surface area contributed by atoms with Gasteiger partial charge in [0, 0.05) is 33.6 Å². The van der Waals surface area contributed by atoms with Crippen LogP contribution in [0.25, 0.3) is 72.4 Å². The maximum atomic E-state index is 5.18. The molecule has 2 aromatic heterocycles. The molecule has 0 N–H and O–H groups in total. The summed E-state index contributed by atoms with van der Waals surface area (Å²) in [6.45, 7) is 0. The molecule has 2 heterocycles. The van der Waals surface area contributed by atoms with Gasteiger partial charge in [-0.3, -0.25) is 0 Å². The zero-order chi connectivity index (χ0) is 33.3. The van der Waals surface area contributed by atoms with Crippen LogP contribution in [0.3, 0.4) is 0 Å². The maximum absolute atomic E-state index is 5.18. The third-order valence-corrected chi connectivity index (χ3v) is 9.48. The first-order chi connectivity index (χ1) is 24.8. The zero-order valence-electron chi connectivity index (χ0n) is 27.3. The number of benzene rings is 6. The van der Waals surface area contributed by atoms with Crippen molar-refractivity contribution in [2.75, 3.05) is 0 Å². The minimum atomic E-state index is 0.209. The zero-order valence-corrected chi connectivity index (χ0v) is 27.3. The van der Waals surface area contributed by atoms with Crippen molar-refractivity contribution < 1.29 is 0 Å². The lowest BCUT2D eigenvalue weighted by Gasteiger charge is -2.20. The van der Waals surface area contributed by atoms with E-state index in [2.05, 4.69) is 109 Å². The van der Waals surface area contributed by atoms with E-state index in [-0.39, 0.29) is 5.92 Å². The Kier molecular flexibility index (Phi) is 7.60. The second-order valence-electron chi connectivity index (χ2n) is 12.6. The lowest BCUT2D eigenvalue weighted by Crippen LogP contribution is -2.05. The second kappa shape index (κ2) is 12.8. The van der Waals surface area contributed by atoms with E-state index in [4.69, 9.17) is 19.9 Å². The Balaban J connectivity index is 1.12. The fourth-order valence-electron chi connectivity index (χ4n) is 7.00. The number of pyridine rings is 1. The van der Waals surface area contributed by atoms with E-state index in [1.54, 1.807) is 0 Å². The first kappa shape index (κ1) is 29.6. The maximum Gasteiger partial charge on any atom is 0.164 e. The van der Waals surface area contributed by atoms with Crippen molar-refractivity contribution in [2.45, 2.75) is 12.3 Å². The first-order valence-electron chi connectivity index (χ1n) is 17.0. The van der Waals surface area contributed by atoms with Crippen molar-refractivity contribution in [1.29, 1.82) is 0 Å². The van der Waals surface area contributed by atoms with E-state index in [0.29, 0.717) is 17.5 Å². The number of nitrogens with zero attached hydrogens (tertiary/aromatic N) is 4.